The van der Waals surface area contributed by atoms with Crippen LogP contribution in [0.15, 0.2) is 18.2 Å². The Bertz CT molecular complexity index is 589. The van der Waals surface area contributed by atoms with Crippen LogP contribution in [-0.4, -0.2) is 42.6 Å². The zero-order valence-electron chi connectivity index (χ0n) is 15.0. The van der Waals surface area contributed by atoms with Gasteiger partial charge in [-0.15, -0.1) is 0 Å². The van der Waals surface area contributed by atoms with Crippen LogP contribution in [0.1, 0.15) is 49.5 Å². The van der Waals surface area contributed by atoms with E-state index in [1.54, 1.807) is 0 Å². The van der Waals surface area contributed by atoms with Gasteiger partial charge in [-0.05, 0) is 64.3 Å². The Kier molecular flexibility index (Phi) is 6.23. The minimum absolute atomic E-state index is 0.0107. The Balaban J connectivity index is 1.98. The second-order valence-electron chi connectivity index (χ2n) is 6.47. The van der Waals surface area contributed by atoms with Crippen LogP contribution in [-0.2, 0) is 9.53 Å². The number of benzene rings is 1. The third-order valence-electron chi connectivity index (χ3n) is 4.19. The summed E-state index contributed by atoms with van der Waals surface area (Å²) < 4.78 is 10.8. The Morgan fingerprint density at radius 1 is 1.25 bits per heavy atom. The molecule has 1 aliphatic rings. The van der Waals surface area contributed by atoms with Crippen LogP contribution in [0.2, 0.25) is 0 Å². The molecule has 5 heteroatoms. The fourth-order valence-corrected chi connectivity index (χ4v) is 2.93. The predicted molar refractivity (Wildman–Crippen MR) is 92.2 cm³/mol. The van der Waals surface area contributed by atoms with Crippen molar-refractivity contribution in [2.75, 3.05) is 19.7 Å². The van der Waals surface area contributed by atoms with E-state index in [1.807, 2.05) is 50.8 Å². The molecule has 5 nitrogen and oxygen atoms in total. The third-order valence-corrected chi connectivity index (χ3v) is 4.19. The van der Waals surface area contributed by atoms with E-state index in [0.29, 0.717) is 38.1 Å². The van der Waals surface area contributed by atoms with Crippen molar-refractivity contribution in [3.05, 3.63) is 29.3 Å². The molecule has 0 bridgehead atoms. The van der Waals surface area contributed by atoms with Gasteiger partial charge in [0.15, 0.2) is 0 Å². The molecule has 0 N–H and O–H groups in total. The molecule has 24 heavy (non-hydrogen) atoms. The SMILES string of the molecule is CCOC(=O)C1CCN(C(=O)c2ccc(OC(C)C)c(C)c2)CC1. The maximum Gasteiger partial charge on any atom is 0.309 e. The molecule has 1 heterocycles. The molecule has 2 rings (SSSR count). The summed E-state index contributed by atoms with van der Waals surface area (Å²) in [6, 6.07) is 5.54. The molecule has 1 aromatic carbocycles. The monoisotopic (exact) mass is 333 g/mol. The highest BCUT2D eigenvalue weighted by Crippen LogP contribution is 2.24. The highest BCUT2D eigenvalue weighted by Gasteiger charge is 2.28. The van der Waals surface area contributed by atoms with E-state index in [-0.39, 0.29) is 23.9 Å². The smallest absolute Gasteiger partial charge is 0.309 e. The maximum atomic E-state index is 12.7. The van der Waals surface area contributed by atoms with Crippen molar-refractivity contribution >= 4 is 11.9 Å². The van der Waals surface area contributed by atoms with E-state index in [1.165, 1.54) is 0 Å². The number of carbonyl (C=O) groups is 2. The van der Waals surface area contributed by atoms with Crippen molar-refractivity contribution in [2.24, 2.45) is 5.92 Å². The van der Waals surface area contributed by atoms with Crippen molar-refractivity contribution in [3.8, 4) is 5.75 Å². The molecule has 1 saturated heterocycles. The topological polar surface area (TPSA) is 55.8 Å². The summed E-state index contributed by atoms with van der Waals surface area (Å²) in [5, 5.41) is 0. The van der Waals surface area contributed by atoms with E-state index in [4.69, 9.17) is 9.47 Å². The minimum atomic E-state index is -0.143. The number of aryl methyl sites for hydroxylation is 1. The molecule has 0 saturated carbocycles. The van der Waals surface area contributed by atoms with E-state index in [0.717, 1.165) is 11.3 Å². The van der Waals surface area contributed by atoms with Gasteiger partial charge < -0.3 is 14.4 Å². The third kappa shape index (κ3) is 4.49. The fourth-order valence-electron chi connectivity index (χ4n) is 2.93. The fraction of sp³-hybridized carbons (Fsp3) is 0.579. The molecule has 0 radical (unpaired) electrons. The molecule has 1 fully saturated rings. The van der Waals surface area contributed by atoms with Crippen molar-refractivity contribution in [1.82, 2.24) is 4.90 Å². The van der Waals surface area contributed by atoms with Crippen LogP contribution in [0.4, 0.5) is 0 Å². The van der Waals surface area contributed by atoms with Crippen LogP contribution in [0.25, 0.3) is 0 Å². The molecule has 0 aromatic heterocycles. The first-order valence-electron chi connectivity index (χ1n) is 8.65. The first-order valence-corrected chi connectivity index (χ1v) is 8.65. The van der Waals surface area contributed by atoms with Gasteiger partial charge in [0.05, 0.1) is 18.6 Å². The van der Waals surface area contributed by atoms with Crippen molar-refractivity contribution < 1.29 is 19.1 Å². The van der Waals surface area contributed by atoms with E-state index >= 15 is 0 Å². The largest absolute Gasteiger partial charge is 0.491 e. The lowest BCUT2D eigenvalue weighted by Gasteiger charge is -2.31. The normalized spacial score (nSPS) is 15.5. The molecule has 1 aliphatic heterocycles. The number of ether oxygens (including phenoxy) is 2. The van der Waals surface area contributed by atoms with E-state index in [9.17, 15) is 9.59 Å². The standard InChI is InChI=1S/C19H27NO4/c1-5-23-19(22)15-8-10-20(11-9-15)18(21)16-6-7-17(14(4)12-16)24-13(2)3/h6-7,12-13,15H,5,8-11H2,1-4H3. The molecule has 0 aliphatic carbocycles. The average Bonchev–Trinajstić information content (AvgIpc) is 2.56. The van der Waals surface area contributed by atoms with Gasteiger partial charge in [0.1, 0.15) is 5.75 Å². The zero-order chi connectivity index (χ0) is 17.7. The molecule has 0 spiro atoms. The second kappa shape index (κ2) is 8.18. The number of nitrogens with zero attached hydrogens (tertiary/aromatic N) is 1. The van der Waals surface area contributed by atoms with Crippen molar-refractivity contribution in [3.63, 3.8) is 0 Å². The number of hydrogen-bond donors (Lipinski definition) is 0. The molecular weight excluding hydrogens is 306 g/mol. The first kappa shape index (κ1) is 18.3. The van der Waals surface area contributed by atoms with Crippen LogP contribution in [0.3, 0.4) is 0 Å². The highest BCUT2D eigenvalue weighted by atomic mass is 16.5. The number of rotatable bonds is 5. The summed E-state index contributed by atoms with van der Waals surface area (Å²) in [6.45, 7) is 9.30. The number of esters is 1. The van der Waals surface area contributed by atoms with Gasteiger partial charge >= 0.3 is 5.97 Å². The molecule has 132 valence electrons. The first-order chi connectivity index (χ1) is 11.4. The molecule has 1 amide bonds. The second-order valence-corrected chi connectivity index (χ2v) is 6.47. The van der Waals surface area contributed by atoms with Gasteiger partial charge in [0.25, 0.3) is 5.91 Å². The van der Waals surface area contributed by atoms with Crippen molar-refractivity contribution in [2.45, 2.75) is 46.6 Å². The van der Waals surface area contributed by atoms with Gasteiger partial charge in [-0.2, -0.15) is 0 Å². The minimum Gasteiger partial charge on any atom is -0.491 e. The summed E-state index contributed by atoms with van der Waals surface area (Å²) in [6.07, 6.45) is 1.43. The van der Waals surface area contributed by atoms with Gasteiger partial charge in [-0.3, -0.25) is 9.59 Å². The van der Waals surface area contributed by atoms with Crippen LogP contribution in [0.5, 0.6) is 5.75 Å². The summed E-state index contributed by atoms with van der Waals surface area (Å²) >= 11 is 0. The lowest BCUT2D eigenvalue weighted by molar-refractivity contribution is -0.149. The lowest BCUT2D eigenvalue weighted by atomic mass is 9.96. The van der Waals surface area contributed by atoms with Crippen LogP contribution >= 0.6 is 0 Å². The number of piperidine rings is 1. The van der Waals surface area contributed by atoms with Gasteiger partial charge in [0.2, 0.25) is 0 Å². The molecule has 0 unspecified atom stereocenters. The van der Waals surface area contributed by atoms with E-state index < -0.39 is 0 Å². The Hall–Kier alpha value is -2.04. The predicted octanol–water partition coefficient (Wildman–Crippen LogP) is 3.20. The zero-order valence-corrected chi connectivity index (χ0v) is 15.0. The summed E-state index contributed by atoms with van der Waals surface area (Å²) in [7, 11) is 0. The van der Waals surface area contributed by atoms with Crippen LogP contribution < -0.4 is 4.74 Å². The van der Waals surface area contributed by atoms with Gasteiger partial charge in [-0.25, -0.2) is 0 Å². The maximum absolute atomic E-state index is 12.7. The number of amides is 1. The molecular formula is C19H27NO4. The number of likely N-dealkylation sites (tertiary alicyclic amines) is 1. The Morgan fingerprint density at radius 3 is 2.46 bits per heavy atom. The molecule has 1 aromatic rings. The van der Waals surface area contributed by atoms with Gasteiger partial charge in [0, 0.05) is 18.7 Å². The summed E-state index contributed by atoms with van der Waals surface area (Å²) in [5.74, 6) is 0.590. The highest BCUT2D eigenvalue weighted by molar-refractivity contribution is 5.94. The lowest BCUT2D eigenvalue weighted by Crippen LogP contribution is -2.40. The Labute approximate surface area is 143 Å². The molecule has 0 atom stereocenters. The summed E-state index contributed by atoms with van der Waals surface area (Å²) in [4.78, 5) is 26.2. The van der Waals surface area contributed by atoms with E-state index in [2.05, 4.69) is 0 Å². The Morgan fingerprint density at radius 2 is 1.92 bits per heavy atom. The number of hydrogen-bond acceptors (Lipinski definition) is 4. The van der Waals surface area contributed by atoms with Crippen molar-refractivity contribution in [1.29, 1.82) is 0 Å². The van der Waals surface area contributed by atoms with Gasteiger partial charge in [-0.1, -0.05) is 0 Å². The quantitative estimate of drug-likeness (QED) is 0.777. The summed E-state index contributed by atoms with van der Waals surface area (Å²) in [5.41, 5.74) is 1.62. The van der Waals surface area contributed by atoms with Crippen LogP contribution in [0, 0.1) is 12.8 Å². The average molecular weight is 333 g/mol. The number of carbonyl (C=O) groups excluding carboxylic acids is 2.